The molecule has 0 saturated carbocycles. The van der Waals surface area contributed by atoms with Crippen LogP contribution in [0, 0.1) is 0 Å². The first-order chi connectivity index (χ1) is 9.73. The molecule has 1 aromatic heterocycles. The monoisotopic (exact) mass is 281 g/mol. The smallest absolute Gasteiger partial charge is 0.0672 e. The molecule has 0 bridgehead atoms. The van der Waals surface area contributed by atoms with Crippen LogP contribution in [0.3, 0.4) is 0 Å². The molecule has 0 fully saturated rings. The molecule has 1 heterocycles. The fourth-order valence-corrected chi connectivity index (χ4v) is 2.84. The molecular formula is C16H31N3O. The Kier molecular flexibility index (Phi) is 7.85. The van der Waals surface area contributed by atoms with E-state index >= 15 is 0 Å². The molecule has 116 valence electrons. The van der Waals surface area contributed by atoms with Gasteiger partial charge in [-0.05, 0) is 32.2 Å². The van der Waals surface area contributed by atoms with Crippen LogP contribution in [0.15, 0.2) is 0 Å². The van der Waals surface area contributed by atoms with Crippen LogP contribution < -0.4 is 5.32 Å². The van der Waals surface area contributed by atoms with E-state index < -0.39 is 0 Å². The highest BCUT2D eigenvalue weighted by Gasteiger charge is 2.21. The number of rotatable bonds is 10. The molecule has 20 heavy (non-hydrogen) atoms. The minimum Gasteiger partial charge on any atom is -0.385 e. The van der Waals surface area contributed by atoms with Gasteiger partial charge in [0, 0.05) is 37.6 Å². The number of hydrogen-bond acceptors (Lipinski definition) is 3. The molecule has 0 radical (unpaired) electrons. The van der Waals surface area contributed by atoms with E-state index in [2.05, 4.69) is 37.7 Å². The lowest BCUT2D eigenvalue weighted by molar-refractivity contribution is 0.188. The molecule has 0 aromatic carbocycles. The van der Waals surface area contributed by atoms with E-state index in [1.807, 2.05) is 0 Å². The molecule has 1 atom stereocenters. The Labute approximate surface area is 123 Å². The zero-order valence-electron chi connectivity index (χ0n) is 13.8. The van der Waals surface area contributed by atoms with Gasteiger partial charge in [-0.15, -0.1) is 0 Å². The van der Waals surface area contributed by atoms with Crippen LogP contribution in [-0.2, 0) is 24.1 Å². The summed E-state index contributed by atoms with van der Waals surface area (Å²) in [6.45, 7) is 11.6. The second-order valence-corrected chi connectivity index (χ2v) is 5.10. The second kappa shape index (κ2) is 9.14. The van der Waals surface area contributed by atoms with E-state index in [0.29, 0.717) is 6.04 Å². The van der Waals surface area contributed by atoms with E-state index in [9.17, 15) is 0 Å². The van der Waals surface area contributed by atoms with Crippen molar-refractivity contribution in [2.45, 2.75) is 66.0 Å². The van der Waals surface area contributed by atoms with Crippen LogP contribution in [0.5, 0.6) is 0 Å². The van der Waals surface area contributed by atoms with E-state index in [4.69, 9.17) is 9.84 Å². The molecule has 0 aliphatic heterocycles. The van der Waals surface area contributed by atoms with Gasteiger partial charge in [-0.1, -0.05) is 27.7 Å². The summed E-state index contributed by atoms with van der Waals surface area (Å²) in [4.78, 5) is 0. The molecule has 0 spiro atoms. The highest BCUT2D eigenvalue weighted by Crippen LogP contribution is 2.26. The first-order valence-electron chi connectivity index (χ1n) is 8.04. The van der Waals surface area contributed by atoms with Crippen LogP contribution in [-0.4, -0.2) is 30.0 Å². The van der Waals surface area contributed by atoms with Crippen LogP contribution >= 0.6 is 0 Å². The summed E-state index contributed by atoms with van der Waals surface area (Å²) < 4.78 is 7.36. The number of nitrogens with zero attached hydrogens (tertiary/aromatic N) is 2. The molecule has 1 aromatic rings. The molecule has 0 aliphatic carbocycles. The van der Waals surface area contributed by atoms with Crippen molar-refractivity contribution in [3.8, 4) is 0 Å². The molecule has 1 N–H and O–H groups in total. The first-order valence-corrected chi connectivity index (χ1v) is 8.04. The number of ether oxygens (including phenoxy) is 1. The van der Waals surface area contributed by atoms with Gasteiger partial charge >= 0.3 is 0 Å². The maximum atomic E-state index is 5.15. The van der Waals surface area contributed by atoms with Gasteiger partial charge in [0.05, 0.1) is 5.69 Å². The van der Waals surface area contributed by atoms with Crippen molar-refractivity contribution in [2.24, 2.45) is 0 Å². The summed E-state index contributed by atoms with van der Waals surface area (Å²) in [6.07, 6.45) is 4.17. The fraction of sp³-hybridized carbons (Fsp3) is 0.812. The number of aromatic nitrogens is 2. The maximum Gasteiger partial charge on any atom is 0.0672 e. The molecule has 0 amide bonds. The third kappa shape index (κ3) is 4.06. The minimum atomic E-state index is 0.432. The zero-order valence-corrected chi connectivity index (χ0v) is 13.8. The summed E-state index contributed by atoms with van der Waals surface area (Å²) in [5.74, 6) is 0. The Hall–Kier alpha value is -0.870. The standard InChI is InChI=1S/C16H31N3O/c1-6-13(17-9-4)16-14(7-2)18-19(15(16)8-3)11-10-12-20-5/h13,17H,6-12H2,1-5H3. The molecule has 1 rings (SSSR count). The van der Waals surface area contributed by atoms with Gasteiger partial charge in [-0.3, -0.25) is 4.68 Å². The zero-order chi connectivity index (χ0) is 15.0. The van der Waals surface area contributed by atoms with Crippen molar-refractivity contribution >= 4 is 0 Å². The van der Waals surface area contributed by atoms with Gasteiger partial charge in [0.25, 0.3) is 0 Å². The van der Waals surface area contributed by atoms with Gasteiger partial charge in [-0.2, -0.15) is 5.10 Å². The van der Waals surface area contributed by atoms with Gasteiger partial charge < -0.3 is 10.1 Å². The van der Waals surface area contributed by atoms with E-state index in [0.717, 1.165) is 45.4 Å². The fourth-order valence-electron chi connectivity index (χ4n) is 2.84. The Morgan fingerprint density at radius 3 is 2.45 bits per heavy atom. The molecule has 4 nitrogen and oxygen atoms in total. The summed E-state index contributed by atoms with van der Waals surface area (Å²) in [7, 11) is 1.75. The predicted molar refractivity (Wildman–Crippen MR) is 84.2 cm³/mol. The van der Waals surface area contributed by atoms with E-state index in [1.165, 1.54) is 17.0 Å². The Morgan fingerprint density at radius 2 is 1.95 bits per heavy atom. The van der Waals surface area contributed by atoms with E-state index in [1.54, 1.807) is 7.11 Å². The lowest BCUT2D eigenvalue weighted by Crippen LogP contribution is -2.22. The molecular weight excluding hydrogens is 250 g/mol. The molecule has 4 heteroatoms. The average Bonchev–Trinajstić information content (AvgIpc) is 2.82. The van der Waals surface area contributed by atoms with E-state index in [-0.39, 0.29) is 0 Å². The predicted octanol–water partition coefficient (Wildman–Crippen LogP) is 3.11. The van der Waals surface area contributed by atoms with Crippen molar-refractivity contribution < 1.29 is 4.74 Å². The van der Waals surface area contributed by atoms with Gasteiger partial charge in [0.2, 0.25) is 0 Å². The summed E-state index contributed by atoms with van der Waals surface area (Å²) in [6, 6.07) is 0.432. The summed E-state index contributed by atoms with van der Waals surface area (Å²) in [5.41, 5.74) is 4.09. The van der Waals surface area contributed by atoms with Gasteiger partial charge in [0.1, 0.15) is 0 Å². The maximum absolute atomic E-state index is 5.15. The number of nitrogens with one attached hydrogen (secondary N) is 1. The Balaban J connectivity index is 3.06. The summed E-state index contributed by atoms with van der Waals surface area (Å²) >= 11 is 0. The van der Waals surface area contributed by atoms with Gasteiger partial charge in [0.15, 0.2) is 0 Å². The van der Waals surface area contributed by atoms with Crippen LogP contribution in [0.4, 0.5) is 0 Å². The summed E-state index contributed by atoms with van der Waals surface area (Å²) in [5, 5.41) is 8.44. The lowest BCUT2D eigenvalue weighted by atomic mass is 9.99. The largest absolute Gasteiger partial charge is 0.385 e. The topological polar surface area (TPSA) is 39.1 Å². The SMILES string of the molecule is CCNC(CC)c1c(CC)nn(CCCOC)c1CC. The van der Waals surface area contributed by atoms with Crippen molar-refractivity contribution in [2.75, 3.05) is 20.3 Å². The van der Waals surface area contributed by atoms with Crippen molar-refractivity contribution in [1.29, 1.82) is 0 Å². The second-order valence-electron chi connectivity index (χ2n) is 5.10. The average molecular weight is 281 g/mol. The number of methoxy groups -OCH3 is 1. The molecule has 0 saturated heterocycles. The first kappa shape index (κ1) is 17.2. The number of aryl methyl sites for hydroxylation is 2. The Bertz CT molecular complexity index is 387. The quantitative estimate of drug-likeness (QED) is 0.670. The minimum absolute atomic E-state index is 0.432. The molecule has 1 unspecified atom stereocenters. The third-order valence-corrected chi connectivity index (χ3v) is 3.77. The normalized spacial score (nSPS) is 12.8. The van der Waals surface area contributed by atoms with Crippen molar-refractivity contribution in [1.82, 2.24) is 15.1 Å². The highest BCUT2D eigenvalue weighted by molar-refractivity contribution is 5.30. The van der Waals surface area contributed by atoms with Crippen LogP contribution in [0.1, 0.15) is 63.5 Å². The third-order valence-electron chi connectivity index (χ3n) is 3.77. The van der Waals surface area contributed by atoms with Crippen LogP contribution in [0.25, 0.3) is 0 Å². The lowest BCUT2D eigenvalue weighted by Gasteiger charge is -2.18. The van der Waals surface area contributed by atoms with Crippen molar-refractivity contribution in [3.63, 3.8) is 0 Å². The highest BCUT2D eigenvalue weighted by atomic mass is 16.5. The van der Waals surface area contributed by atoms with Crippen molar-refractivity contribution in [3.05, 3.63) is 17.0 Å². The Morgan fingerprint density at radius 1 is 1.20 bits per heavy atom. The van der Waals surface area contributed by atoms with Crippen LogP contribution in [0.2, 0.25) is 0 Å². The molecule has 0 aliphatic rings. The van der Waals surface area contributed by atoms with Gasteiger partial charge in [-0.25, -0.2) is 0 Å². The number of hydrogen-bond donors (Lipinski definition) is 1.